The highest BCUT2D eigenvalue weighted by Crippen LogP contribution is 2.40. The van der Waals surface area contributed by atoms with Crippen molar-refractivity contribution in [3.05, 3.63) is 67.8 Å². The molecule has 29 heavy (non-hydrogen) atoms. The molecule has 14 heteroatoms. The number of hydrogen-bond donors (Lipinski definition) is 0. The number of amides is 1. The Bertz CT molecular complexity index is 925. The van der Waals surface area contributed by atoms with E-state index in [2.05, 4.69) is 0 Å². The van der Waals surface area contributed by atoms with Crippen LogP contribution in [0.25, 0.3) is 0 Å². The first kappa shape index (κ1) is 21.6. The van der Waals surface area contributed by atoms with Gasteiger partial charge in [0, 0.05) is 17.8 Å². The van der Waals surface area contributed by atoms with Gasteiger partial charge in [0.2, 0.25) is 6.41 Å². The molecule has 0 saturated heterocycles. The Kier molecular flexibility index (Phi) is 5.48. The van der Waals surface area contributed by atoms with Crippen molar-refractivity contribution in [2.75, 3.05) is 4.90 Å². The van der Waals surface area contributed by atoms with Crippen LogP contribution in [0, 0.1) is 20.2 Å². The zero-order chi connectivity index (χ0) is 22.1. The summed E-state index contributed by atoms with van der Waals surface area (Å²) in [7, 11) is 0. The van der Waals surface area contributed by atoms with Gasteiger partial charge in [0.1, 0.15) is 0 Å². The first-order chi connectivity index (χ1) is 13.2. The third kappa shape index (κ3) is 4.77. The van der Waals surface area contributed by atoms with Gasteiger partial charge in [-0.25, -0.2) is 0 Å². The molecule has 154 valence electrons. The van der Waals surface area contributed by atoms with E-state index in [1.54, 1.807) is 0 Å². The fraction of sp³-hybridized carbons (Fsp3) is 0.133. The second-order valence-electron chi connectivity index (χ2n) is 5.46. The van der Waals surface area contributed by atoms with E-state index < -0.39 is 56.1 Å². The summed E-state index contributed by atoms with van der Waals surface area (Å²) in [4.78, 5) is 31.3. The minimum Gasteiger partial charge on any atom is -0.283 e. The molecule has 0 saturated carbocycles. The summed E-state index contributed by atoms with van der Waals surface area (Å²) in [6.45, 7) is 0. The van der Waals surface area contributed by atoms with Crippen LogP contribution in [0.2, 0.25) is 0 Å². The van der Waals surface area contributed by atoms with Crippen LogP contribution in [-0.4, -0.2) is 16.3 Å². The Hall–Kier alpha value is -3.71. The summed E-state index contributed by atoms with van der Waals surface area (Å²) < 4.78 is 78.0. The maximum atomic E-state index is 13.0. The molecule has 1 amide bonds. The number of hydrogen-bond acceptors (Lipinski definition) is 5. The van der Waals surface area contributed by atoms with Gasteiger partial charge in [0.25, 0.3) is 11.4 Å². The van der Waals surface area contributed by atoms with Crippen LogP contribution in [0.5, 0.6) is 0 Å². The fourth-order valence-electron chi connectivity index (χ4n) is 2.28. The second kappa shape index (κ2) is 7.37. The highest BCUT2D eigenvalue weighted by molar-refractivity contribution is 5.88. The third-order valence-electron chi connectivity index (χ3n) is 3.54. The normalized spacial score (nSPS) is 11.8. The molecule has 0 bridgehead atoms. The molecule has 0 atom stereocenters. The minimum absolute atomic E-state index is 0.178. The molecule has 0 unspecified atom stereocenters. The quantitative estimate of drug-likeness (QED) is 0.296. The van der Waals surface area contributed by atoms with Crippen molar-refractivity contribution in [1.29, 1.82) is 0 Å². The maximum absolute atomic E-state index is 13.0. The van der Waals surface area contributed by atoms with Gasteiger partial charge in [-0.15, -0.1) is 0 Å². The summed E-state index contributed by atoms with van der Waals surface area (Å²) in [5.74, 6) is 0. The number of anilines is 2. The number of halogens is 6. The number of carbonyl (C=O) groups is 1. The number of alkyl halides is 6. The Morgan fingerprint density at radius 3 is 1.41 bits per heavy atom. The highest BCUT2D eigenvalue weighted by atomic mass is 19.4. The summed E-state index contributed by atoms with van der Waals surface area (Å²) in [5, 5.41) is 21.9. The molecular formula is C15H7F6N3O5. The number of carbonyl (C=O) groups excluding carboxylic acids is 1. The van der Waals surface area contributed by atoms with Gasteiger partial charge in [-0.05, 0) is 18.2 Å². The van der Waals surface area contributed by atoms with Gasteiger partial charge in [-0.3, -0.25) is 29.9 Å². The van der Waals surface area contributed by atoms with Gasteiger partial charge in [0.05, 0.1) is 32.7 Å². The monoisotopic (exact) mass is 423 g/mol. The van der Waals surface area contributed by atoms with E-state index in [0.29, 0.717) is 18.2 Å². The Morgan fingerprint density at radius 1 is 0.724 bits per heavy atom. The topological polar surface area (TPSA) is 107 Å². The maximum Gasteiger partial charge on any atom is 0.416 e. The van der Waals surface area contributed by atoms with Crippen molar-refractivity contribution in [2.45, 2.75) is 12.4 Å². The molecule has 0 aromatic heterocycles. The molecule has 0 radical (unpaired) electrons. The fourth-order valence-corrected chi connectivity index (χ4v) is 2.28. The van der Waals surface area contributed by atoms with Crippen molar-refractivity contribution in [1.82, 2.24) is 0 Å². The largest absolute Gasteiger partial charge is 0.416 e. The lowest BCUT2D eigenvalue weighted by Crippen LogP contribution is -2.18. The average Bonchev–Trinajstić information content (AvgIpc) is 2.60. The lowest BCUT2D eigenvalue weighted by Gasteiger charge is -2.21. The van der Waals surface area contributed by atoms with Gasteiger partial charge in [-0.2, -0.15) is 26.3 Å². The summed E-state index contributed by atoms with van der Waals surface area (Å²) >= 11 is 0. The van der Waals surface area contributed by atoms with Gasteiger partial charge >= 0.3 is 12.4 Å². The Morgan fingerprint density at radius 2 is 1.10 bits per heavy atom. The van der Waals surface area contributed by atoms with Crippen molar-refractivity contribution in [3.8, 4) is 0 Å². The molecule has 0 heterocycles. The van der Waals surface area contributed by atoms with E-state index in [9.17, 15) is 51.4 Å². The second-order valence-corrected chi connectivity index (χ2v) is 5.46. The van der Waals surface area contributed by atoms with Crippen molar-refractivity contribution >= 4 is 29.2 Å². The third-order valence-corrected chi connectivity index (χ3v) is 3.54. The van der Waals surface area contributed by atoms with Crippen molar-refractivity contribution < 1.29 is 41.0 Å². The molecule has 0 aliphatic heterocycles. The molecule has 0 fully saturated rings. The van der Waals surface area contributed by atoms with Crippen LogP contribution in [0.3, 0.4) is 0 Å². The zero-order valence-electron chi connectivity index (χ0n) is 13.7. The van der Waals surface area contributed by atoms with Crippen molar-refractivity contribution in [3.63, 3.8) is 0 Å². The molecule has 0 aliphatic rings. The first-order valence-electron chi connectivity index (χ1n) is 7.22. The van der Waals surface area contributed by atoms with E-state index in [1.807, 2.05) is 0 Å². The van der Waals surface area contributed by atoms with E-state index in [4.69, 9.17) is 0 Å². The molecule has 0 spiro atoms. The van der Waals surface area contributed by atoms with Crippen LogP contribution in [0.1, 0.15) is 11.1 Å². The van der Waals surface area contributed by atoms with Crippen LogP contribution in [0.15, 0.2) is 36.4 Å². The summed E-state index contributed by atoms with van der Waals surface area (Å²) in [6, 6.07) is 1.93. The lowest BCUT2D eigenvalue weighted by molar-refractivity contribution is -0.394. The van der Waals surface area contributed by atoms with Gasteiger partial charge in [0.15, 0.2) is 0 Å². The number of benzene rings is 2. The standard InChI is InChI=1S/C15H7F6N3O5/c16-14(17,18)8-1-9(15(19,20)21)3-10(2-8)22(7-25)11-4-12(23(26)27)6-13(5-11)24(28)29/h1-7H. The molecule has 2 rings (SSSR count). The van der Waals surface area contributed by atoms with E-state index in [-0.39, 0.29) is 29.5 Å². The molecule has 2 aromatic carbocycles. The number of non-ortho nitro benzene ring substituents is 2. The summed E-state index contributed by atoms with van der Waals surface area (Å²) in [6.07, 6.45) is -10.6. The van der Waals surface area contributed by atoms with E-state index >= 15 is 0 Å². The number of nitro benzene ring substituents is 2. The number of nitro groups is 2. The summed E-state index contributed by atoms with van der Waals surface area (Å²) in [5.41, 5.74) is -6.90. The molecular weight excluding hydrogens is 416 g/mol. The first-order valence-corrected chi connectivity index (χ1v) is 7.22. The predicted molar refractivity (Wildman–Crippen MR) is 84.4 cm³/mol. The molecule has 8 nitrogen and oxygen atoms in total. The van der Waals surface area contributed by atoms with Crippen LogP contribution >= 0.6 is 0 Å². The average molecular weight is 423 g/mol. The zero-order valence-corrected chi connectivity index (χ0v) is 13.7. The van der Waals surface area contributed by atoms with E-state index in [1.165, 1.54) is 0 Å². The van der Waals surface area contributed by atoms with Gasteiger partial charge < -0.3 is 0 Å². The Balaban J connectivity index is 2.76. The van der Waals surface area contributed by atoms with E-state index in [0.717, 1.165) is 0 Å². The van der Waals surface area contributed by atoms with Crippen molar-refractivity contribution in [2.24, 2.45) is 0 Å². The van der Waals surface area contributed by atoms with Crippen LogP contribution in [0.4, 0.5) is 49.1 Å². The van der Waals surface area contributed by atoms with Crippen LogP contribution < -0.4 is 4.90 Å². The highest BCUT2D eigenvalue weighted by Gasteiger charge is 2.37. The smallest absolute Gasteiger partial charge is 0.283 e. The molecule has 0 N–H and O–H groups in total. The molecule has 0 aliphatic carbocycles. The SMILES string of the molecule is O=CN(c1cc([N+](=O)[O-])cc([N+](=O)[O-])c1)c1cc(C(F)(F)F)cc(C(F)(F)F)c1. The minimum atomic E-state index is -5.21. The predicted octanol–water partition coefficient (Wildman–Crippen LogP) is 4.84. The Labute approximate surface area is 156 Å². The lowest BCUT2D eigenvalue weighted by atomic mass is 10.1. The van der Waals surface area contributed by atoms with Gasteiger partial charge in [-0.1, -0.05) is 0 Å². The van der Waals surface area contributed by atoms with Crippen LogP contribution in [-0.2, 0) is 17.1 Å². The number of nitrogens with zero attached hydrogens (tertiary/aromatic N) is 3. The molecule has 2 aromatic rings. The number of rotatable bonds is 5.